The zero-order valence-corrected chi connectivity index (χ0v) is 23.4. The Balaban J connectivity index is 1.23. The summed E-state index contributed by atoms with van der Waals surface area (Å²) in [6.07, 6.45) is 12.3. The van der Waals surface area contributed by atoms with Gasteiger partial charge in [-0.1, -0.05) is 49.1 Å². The predicted molar refractivity (Wildman–Crippen MR) is 155 cm³/mol. The molecule has 1 aliphatic carbocycles. The largest absolute Gasteiger partial charge is 0.338 e. The molecule has 37 heavy (non-hydrogen) atoms. The Morgan fingerprint density at radius 1 is 1.11 bits per heavy atom. The van der Waals surface area contributed by atoms with E-state index in [9.17, 15) is 4.79 Å². The van der Waals surface area contributed by atoms with Gasteiger partial charge >= 0.3 is 0 Å². The van der Waals surface area contributed by atoms with Gasteiger partial charge in [-0.15, -0.1) is 11.6 Å². The van der Waals surface area contributed by atoms with E-state index < -0.39 is 0 Å². The lowest BCUT2D eigenvalue weighted by Crippen LogP contribution is -2.46. The SMILES string of the molecule is Cc1cn2ccccc2c1CCNCCN(C(=O)CCNC(Cl)Cc1cccc(Cl)c1)C1CCCCC1. The molecule has 4 rings (SSSR count). The van der Waals surface area contributed by atoms with Crippen LogP contribution in [0.25, 0.3) is 5.52 Å². The molecular formula is C30H40Cl2N4O. The summed E-state index contributed by atoms with van der Waals surface area (Å²) in [6, 6.07) is 14.4. The fraction of sp³-hybridized carbons (Fsp3) is 0.500. The number of fused-ring (bicyclic) bond motifs is 1. The highest BCUT2D eigenvalue weighted by Gasteiger charge is 2.25. The lowest BCUT2D eigenvalue weighted by molar-refractivity contribution is -0.134. The van der Waals surface area contributed by atoms with E-state index in [1.165, 1.54) is 35.9 Å². The summed E-state index contributed by atoms with van der Waals surface area (Å²) in [7, 11) is 0. The Morgan fingerprint density at radius 3 is 2.76 bits per heavy atom. The highest BCUT2D eigenvalue weighted by Crippen LogP contribution is 2.23. The monoisotopic (exact) mass is 542 g/mol. The summed E-state index contributed by atoms with van der Waals surface area (Å²) >= 11 is 12.6. The van der Waals surface area contributed by atoms with Crippen LogP contribution in [-0.4, -0.2) is 52.9 Å². The van der Waals surface area contributed by atoms with Gasteiger partial charge in [0.2, 0.25) is 5.91 Å². The number of carbonyl (C=O) groups excluding carboxylic acids is 1. The molecule has 1 unspecified atom stereocenters. The Kier molecular flexibility index (Phi) is 10.7. The molecule has 200 valence electrons. The van der Waals surface area contributed by atoms with Crippen LogP contribution in [0.2, 0.25) is 5.02 Å². The number of pyridine rings is 1. The number of nitrogens with zero attached hydrogens (tertiary/aromatic N) is 2. The van der Waals surface area contributed by atoms with Crippen LogP contribution < -0.4 is 10.6 Å². The van der Waals surface area contributed by atoms with Crippen molar-refractivity contribution in [3.8, 4) is 0 Å². The van der Waals surface area contributed by atoms with E-state index in [2.05, 4.69) is 57.5 Å². The van der Waals surface area contributed by atoms with Crippen LogP contribution in [0.3, 0.4) is 0 Å². The molecule has 0 bridgehead atoms. The number of halogens is 2. The molecule has 1 aromatic carbocycles. The molecule has 1 amide bonds. The molecule has 2 aromatic heterocycles. The van der Waals surface area contributed by atoms with Crippen LogP contribution >= 0.6 is 23.2 Å². The zero-order chi connectivity index (χ0) is 26.0. The van der Waals surface area contributed by atoms with Crippen LogP contribution in [0.4, 0.5) is 0 Å². The fourth-order valence-corrected chi connectivity index (χ4v) is 6.00. The van der Waals surface area contributed by atoms with Gasteiger partial charge in [-0.05, 0) is 73.7 Å². The molecule has 1 saturated carbocycles. The first-order chi connectivity index (χ1) is 18.0. The minimum Gasteiger partial charge on any atom is -0.338 e. The number of alkyl halides is 1. The van der Waals surface area contributed by atoms with Crippen LogP contribution in [0.5, 0.6) is 0 Å². The lowest BCUT2D eigenvalue weighted by atomic mass is 9.94. The number of nitrogens with one attached hydrogen (secondary N) is 2. The number of amides is 1. The van der Waals surface area contributed by atoms with E-state index in [0.29, 0.717) is 30.5 Å². The molecule has 1 atom stereocenters. The Labute approximate surface area is 231 Å². The van der Waals surface area contributed by atoms with Gasteiger partial charge in [-0.3, -0.25) is 4.79 Å². The van der Waals surface area contributed by atoms with Crippen LogP contribution in [0, 0.1) is 6.92 Å². The molecule has 0 spiro atoms. The van der Waals surface area contributed by atoms with E-state index in [1.807, 2.05) is 24.3 Å². The van der Waals surface area contributed by atoms with Crippen molar-refractivity contribution in [3.63, 3.8) is 0 Å². The molecule has 0 aliphatic heterocycles. The van der Waals surface area contributed by atoms with Gasteiger partial charge < -0.3 is 19.9 Å². The predicted octanol–water partition coefficient (Wildman–Crippen LogP) is 5.98. The van der Waals surface area contributed by atoms with Gasteiger partial charge in [0, 0.05) is 61.5 Å². The minimum atomic E-state index is -0.232. The molecule has 3 aromatic rings. The van der Waals surface area contributed by atoms with Gasteiger partial charge in [-0.25, -0.2) is 0 Å². The minimum absolute atomic E-state index is 0.224. The third kappa shape index (κ3) is 8.22. The molecule has 2 N–H and O–H groups in total. The third-order valence-electron chi connectivity index (χ3n) is 7.43. The molecule has 0 saturated heterocycles. The van der Waals surface area contributed by atoms with Crippen molar-refractivity contribution in [2.75, 3.05) is 26.2 Å². The first-order valence-electron chi connectivity index (χ1n) is 13.7. The van der Waals surface area contributed by atoms with Crippen LogP contribution in [0.1, 0.15) is 55.2 Å². The molecule has 1 fully saturated rings. The Bertz CT molecular complexity index is 1140. The standard InChI is InChI=1S/C30H40Cl2N4O/c1-23-22-35-18-6-5-12-28(35)27(23)13-15-33-17-19-36(26-10-3-2-4-11-26)30(37)14-16-34-29(32)21-24-8-7-9-25(31)20-24/h5-9,12,18,20,22,26,29,33-34H,2-4,10-11,13-17,19,21H2,1H3. The number of benzene rings is 1. The Hall–Kier alpha value is -2.05. The molecule has 1 aliphatic rings. The molecule has 2 heterocycles. The summed E-state index contributed by atoms with van der Waals surface area (Å²) < 4.78 is 2.20. The van der Waals surface area contributed by atoms with Gasteiger partial charge in [0.25, 0.3) is 0 Å². The van der Waals surface area contributed by atoms with Gasteiger partial charge in [0.05, 0.1) is 5.50 Å². The highest BCUT2D eigenvalue weighted by molar-refractivity contribution is 6.30. The second kappa shape index (κ2) is 14.2. The van der Waals surface area contributed by atoms with Gasteiger partial charge in [-0.2, -0.15) is 0 Å². The van der Waals surface area contributed by atoms with Crippen molar-refractivity contribution < 1.29 is 4.79 Å². The number of carbonyl (C=O) groups is 1. The summed E-state index contributed by atoms with van der Waals surface area (Å²) in [6.45, 7) is 5.23. The zero-order valence-electron chi connectivity index (χ0n) is 21.9. The van der Waals surface area contributed by atoms with E-state index in [4.69, 9.17) is 23.2 Å². The van der Waals surface area contributed by atoms with Gasteiger partial charge in [0.15, 0.2) is 0 Å². The summed E-state index contributed by atoms with van der Waals surface area (Å²) in [5.74, 6) is 0.224. The quantitative estimate of drug-likeness (QED) is 0.158. The van der Waals surface area contributed by atoms with E-state index in [0.717, 1.165) is 44.5 Å². The average molecular weight is 544 g/mol. The van der Waals surface area contributed by atoms with Crippen molar-refractivity contribution in [1.82, 2.24) is 19.9 Å². The smallest absolute Gasteiger partial charge is 0.224 e. The van der Waals surface area contributed by atoms with E-state index in [1.54, 1.807) is 0 Å². The maximum atomic E-state index is 13.3. The maximum absolute atomic E-state index is 13.3. The summed E-state index contributed by atoms with van der Waals surface area (Å²) in [4.78, 5) is 15.4. The average Bonchev–Trinajstić information content (AvgIpc) is 3.21. The Morgan fingerprint density at radius 2 is 1.95 bits per heavy atom. The third-order valence-corrected chi connectivity index (χ3v) is 7.98. The van der Waals surface area contributed by atoms with Crippen molar-refractivity contribution in [1.29, 1.82) is 0 Å². The number of aromatic nitrogens is 1. The molecule has 0 radical (unpaired) electrons. The topological polar surface area (TPSA) is 48.8 Å². The molecular weight excluding hydrogens is 503 g/mol. The number of hydrogen-bond donors (Lipinski definition) is 2. The van der Waals surface area contributed by atoms with Crippen molar-refractivity contribution >= 4 is 34.6 Å². The van der Waals surface area contributed by atoms with Gasteiger partial charge in [0.1, 0.15) is 0 Å². The summed E-state index contributed by atoms with van der Waals surface area (Å²) in [5, 5.41) is 7.62. The second-order valence-corrected chi connectivity index (χ2v) is 11.1. The fourth-order valence-electron chi connectivity index (χ4n) is 5.50. The van der Waals surface area contributed by atoms with E-state index in [-0.39, 0.29) is 11.4 Å². The van der Waals surface area contributed by atoms with Crippen LogP contribution in [-0.2, 0) is 17.6 Å². The second-order valence-electron chi connectivity index (χ2n) is 10.2. The van der Waals surface area contributed by atoms with Crippen molar-refractivity contribution in [3.05, 3.63) is 76.6 Å². The number of hydrogen-bond acceptors (Lipinski definition) is 3. The molecule has 7 heteroatoms. The van der Waals surface area contributed by atoms with Crippen molar-refractivity contribution in [2.45, 2.75) is 69.8 Å². The maximum Gasteiger partial charge on any atom is 0.224 e. The first-order valence-corrected chi connectivity index (χ1v) is 14.5. The highest BCUT2D eigenvalue weighted by atomic mass is 35.5. The van der Waals surface area contributed by atoms with Crippen molar-refractivity contribution in [2.24, 2.45) is 0 Å². The molecule has 5 nitrogen and oxygen atoms in total. The normalized spacial score (nSPS) is 15.2. The van der Waals surface area contributed by atoms with Crippen LogP contribution in [0.15, 0.2) is 54.9 Å². The number of aryl methyl sites for hydroxylation is 1. The summed E-state index contributed by atoms with van der Waals surface area (Å²) in [5.41, 5.74) is 4.86. The lowest BCUT2D eigenvalue weighted by Gasteiger charge is -2.35. The first kappa shape index (κ1) is 28.0. The number of rotatable bonds is 13. The van der Waals surface area contributed by atoms with E-state index >= 15 is 0 Å².